The number of carbonyl (C=O) groups excluding carboxylic acids is 1. The number of halogens is 1. The van der Waals surface area contributed by atoms with Gasteiger partial charge in [-0.2, -0.15) is 5.10 Å². The summed E-state index contributed by atoms with van der Waals surface area (Å²) < 4.78 is 2.84. The number of aryl methyl sites for hydroxylation is 1. The normalized spacial score (nSPS) is 11.0. The largest absolute Gasteiger partial charge is 0.319 e. The van der Waals surface area contributed by atoms with Gasteiger partial charge in [0.15, 0.2) is 0 Å². The molecule has 2 aromatic carbocycles. The van der Waals surface area contributed by atoms with Crippen LogP contribution in [0, 0.1) is 13.8 Å². The zero-order valence-electron chi connectivity index (χ0n) is 14.0. The van der Waals surface area contributed by atoms with E-state index in [0.717, 1.165) is 32.8 Å². The van der Waals surface area contributed by atoms with Crippen molar-refractivity contribution >= 4 is 33.6 Å². The predicted molar refractivity (Wildman–Crippen MR) is 105 cm³/mol. The molecule has 0 aliphatic carbocycles. The van der Waals surface area contributed by atoms with Crippen molar-refractivity contribution in [3.05, 3.63) is 82.1 Å². The molecule has 1 N–H and O–H groups in total. The Morgan fingerprint density at radius 3 is 2.44 bits per heavy atom. The number of para-hydroxylation sites is 1. The van der Waals surface area contributed by atoms with E-state index in [0.29, 0.717) is 0 Å². The molecule has 0 fully saturated rings. The van der Waals surface area contributed by atoms with Gasteiger partial charge in [0.2, 0.25) is 5.91 Å². The molecule has 0 spiro atoms. The van der Waals surface area contributed by atoms with E-state index in [2.05, 4.69) is 26.3 Å². The minimum atomic E-state index is -0.179. The Kier molecular flexibility index (Phi) is 5.14. The van der Waals surface area contributed by atoms with Crippen molar-refractivity contribution in [2.75, 3.05) is 5.32 Å². The quantitative estimate of drug-likeness (QED) is 0.638. The van der Waals surface area contributed by atoms with Crippen molar-refractivity contribution < 1.29 is 4.79 Å². The minimum absolute atomic E-state index is 0.179. The zero-order chi connectivity index (χ0) is 17.8. The van der Waals surface area contributed by atoms with Gasteiger partial charge in [0, 0.05) is 10.5 Å². The Hall–Kier alpha value is -2.66. The van der Waals surface area contributed by atoms with Crippen LogP contribution in [0.15, 0.2) is 65.1 Å². The summed E-state index contributed by atoms with van der Waals surface area (Å²) in [4.78, 5) is 12.3. The van der Waals surface area contributed by atoms with Gasteiger partial charge in [0.05, 0.1) is 22.8 Å². The van der Waals surface area contributed by atoms with E-state index in [-0.39, 0.29) is 5.91 Å². The molecule has 0 saturated heterocycles. The number of nitrogens with zero attached hydrogens (tertiary/aromatic N) is 2. The highest BCUT2D eigenvalue weighted by atomic mass is 79.9. The highest BCUT2D eigenvalue weighted by Gasteiger charge is 2.14. The van der Waals surface area contributed by atoms with E-state index in [9.17, 15) is 4.79 Å². The second-order valence-corrected chi connectivity index (χ2v) is 6.58. The number of hydrogen-bond acceptors (Lipinski definition) is 2. The van der Waals surface area contributed by atoms with Gasteiger partial charge in [-0.1, -0.05) is 46.3 Å². The lowest BCUT2D eigenvalue weighted by molar-refractivity contribution is -0.111. The van der Waals surface area contributed by atoms with Gasteiger partial charge in [-0.25, -0.2) is 4.68 Å². The molecule has 3 aromatic rings. The summed E-state index contributed by atoms with van der Waals surface area (Å²) in [5, 5.41) is 7.47. The second kappa shape index (κ2) is 7.49. The molecule has 5 heteroatoms. The summed E-state index contributed by atoms with van der Waals surface area (Å²) in [7, 11) is 0. The fourth-order valence-electron chi connectivity index (χ4n) is 2.55. The molecule has 0 atom stereocenters. The maximum Gasteiger partial charge on any atom is 0.248 e. The van der Waals surface area contributed by atoms with Crippen molar-refractivity contribution in [1.82, 2.24) is 9.78 Å². The van der Waals surface area contributed by atoms with Crippen molar-refractivity contribution in [2.45, 2.75) is 13.8 Å². The third-order valence-electron chi connectivity index (χ3n) is 3.84. The van der Waals surface area contributed by atoms with Crippen molar-refractivity contribution in [3.8, 4) is 5.69 Å². The SMILES string of the molecule is Cc1nn(-c2ccccc2)c(C)c1NC(=O)/C=C/c1ccc(Br)cc1. The molecule has 0 radical (unpaired) electrons. The second-order valence-electron chi connectivity index (χ2n) is 5.67. The topological polar surface area (TPSA) is 46.9 Å². The lowest BCUT2D eigenvalue weighted by Crippen LogP contribution is -2.09. The Labute approximate surface area is 155 Å². The van der Waals surface area contributed by atoms with Crippen LogP contribution in [0.2, 0.25) is 0 Å². The summed E-state index contributed by atoms with van der Waals surface area (Å²) >= 11 is 3.39. The highest BCUT2D eigenvalue weighted by molar-refractivity contribution is 9.10. The van der Waals surface area contributed by atoms with E-state index >= 15 is 0 Å². The first-order chi connectivity index (χ1) is 12.0. The average molecular weight is 396 g/mol. The molecule has 0 aliphatic heterocycles. The van der Waals surface area contributed by atoms with E-state index in [1.807, 2.05) is 73.1 Å². The first-order valence-corrected chi connectivity index (χ1v) is 8.70. The van der Waals surface area contributed by atoms with Gasteiger partial charge >= 0.3 is 0 Å². The molecule has 1 amide bonds. The Morgan fingerprint density at radius 2 is 1.76 bits per heavy atom. The number of anilines is 1. The van der Waals surface area contributed by atoms with E-state index < -0.39 is 0 Å². The molecule has 1 aromatic heterocycles. The average Bonchev–Trinajstić information content (AvgIpc) is 2.90. The van der Waals surface area contributed by atoms with Crippen LogP contribution in [0.25, 0.3) is 11.8 Å². The van der Waals surface area contributed by atoms with Crippen LogP contribution in [0.4, 0.5) is 5.69 Å². The molecule has 0 bridgehead atoms. The molecular weight excluding hydrogens is 378 g/mol. The molecule has 126 valence electrons. The monoisotopic (exact) mass is 395 g/mol. The molecule has 3 rings (SSSR count). The van der Waals surface area contributed by atoms with Crippen LogP contribution in [0.3, 0.4) is 0 Å². The molecular formula is C20H18BrN3O. The number of aromatic nitrogens is 2. The fourth-order valence-corrected chi connectivity index (χ4v) is 2.82. The Morgan fingerprint density at radius 1 is 1.08 bits per heavy atom. The fraction of sp³-hybridized carbons (Fsp3) is 0.100. The van der Waals surface area contributed by atoms with Crippen LogP contribution in [0.1, 0.15) is 17.0 Å². The number of benzene rings is 2. The maximum atomic E-state index is 12.3. The minimum Gasteiger partial charge on any atom is -0.319 e. The number of nitrogens with one attached hydrogen (secondary N) is 1. The molecule has 0 unspecified atom stereocenters. The van der Waals surface area contributed by atoms with E-state index in [4.69, 9.17) is 0 Å². The zero-order valence-corrected chi connectivity index (χ0v) is 15.6. The molecule has 0 aliphatic rings. The van der Waals surface area contributed by atoms with Gasteiger partial charge in [0.1, 0.15) is 0 Å². The summed E-state index contributed by atoms with van der Waals surface area (Å²) in [5.74, 6) is -0.179. The van der Waals surface area contributed by atoms with Gasteiger partial charge in [-0.15, -0.1) is 0 Å². The standard InChI is InChI=1S/C20H18BrN3O/c1-14-20(15(2)24(23-14)18-6-4-3-5-7-18)22-19(25)13-10-16-8-11-17(21)12-9-16/h3-13H,1-2H3,(H,22,25)/b13-10+. The lowest BCUT2D eigenvalue weighted by Gasteiger charge is -2.05. The first kappa shape index (κ1) is 17.2. The lowest BCUT2D eigenvalue weighted by atomic mass is 10.2. The van der Waals surface area contributed by atoms with Crippen LogP contribution in [-0.4, -0.2) is 15.7 Å². The Balaban J connectivity index is 1.77. The number of rotatable bonds is 4. The third-order valence-corrected chi connectivity index (χ3v) is 4.37. The summed E-state index contributed by atoms with van der Waals surface area (Å²) in [6.07, 6.45) is 3.32. The molecule has 0 saturated carbocycles. The van der Waals surface area contributed by atoms with Crippen molar-refractivity contribution in [1.29, 1.82) is 0 Å². The first-order valence-electron chi connectivity index (χ1n) is 7.91. The van der Waals surface area contributed by atoms with Gasteiger partial charge in [-0.3, -0.25) is 4.79 Å². The van der Waals surface area contributed by atoms with Crippen LogP contribution < -0.4 is 5.32 Å². The van der Waals surface area contributed by atoms with E-state index in [1.54, 1.807) is 6.08 Å². The van der Waals surface area contributed by atoms with Crippen LogP contribution >= 0.6 is 15.9 Å². The molecule has 4 nitrogen and oxygen atoms in total. The summed E-state index contributed by atoms with van der Waals surface area (Å²) in [5.41, 5.74) is 4.36. The van der Waals surface area contributed by atoms with Crippen LogP contribution in [-0.2, 0) is 4.79 Å². The maximum absolute atomic E-state index is 12.3. The third kappa shape index (κ3) is 4.06. The smallest absolute Gasteiger partial charge is 0.248 e. The van der Waals surface area contributed by atoms with Gasteiger partial charge < -0.3 is 5.32 Å². The van der Waals surface area contributed by atoms with E-state index in [1.165, 1.54) is 6.08 Å². The summed E-state index contributed by atoms with van der Waals surface area (Å²) in [6.45, 7) is 3.83. The van der Waals surface area contributed by atoms with Crippen LogP contribution in [0.5, 0.6) is 0 Å². The predicted octanol–water partition coefficient (Wildman–Crippen LogP) is 4.90. The van der Waals surface area contributed by atoms with Gasteiger partial charge in [0.25, 0.3) is 0 Å². The molecule has 25 heavy (non-hydrogen) atoms. The molecule has 1 heterocycles. The number of amides is 1. The number of hydrogen-bond donors (Lipinski definition) is 1. The van der Waals surface area contributed by atoms with Crippen molar-refractivity contribution in [3.63, 3.8) is 0 Å². The summed E-state index contributed by atoms with van der Waals surface area (Å²) in [6, 6.07) is 17.6. The van der Waals surface area contributed by atoms with Crippen molar-refractivity contribution in [2.24, 2.45) is 0 Å². The Bertz CT molecular complexity index is 912. The highest BCUT2D eigenvalue weighted by Crippen LogP contribution is 2.22. The number of carbonyl (C=O) groups is 1. The van der Waals surface area contributed by atoms with Gasteiger partial charge in [-0.05, 0) is 49.8 Å².